The normalized spacial score (nSPS) is 16.4. The van der Waals surface area contributed by atoms with Gasteiger partial charge in [0.05, 0.1) is 12.2 Å². The zero-order valence-electron chi connectivity index (χ0n) is 10.5. The van der Waals surface area contributed by atoms with Crippen molar-refractivity contribution in [1.82, 2.24) is 4.90 Å². The van der Waals surface area contributed by atoms with Gasteiger partial charge in [-0.15, -0.1) is 0 Å². The summed E-state index contributed by atoms with van der Waals surface area (Å²) in [7, 11) is 3.69. The molecule has 0 aliphatic rings. The lowest BCUT2D eigenvalue weighted by Crippen LogP contribution is -2.36. The average molecular weight is 247 g/mol. The van der Waals surface area contributed by atoms with Crippen molar-refractivity contribution in [2.24, 2.45) is 0 Å². The maximum absolute atomic E-state index is 11.4. The van der Waals surface area contributed by atoms with E-state index in [2.05, 4.69) is 6.58 Å². The van der Waals surface area contributed by atoms with Gasteiger partial charge in [0.15, 0.2) is 0 Å². The Kier molecular flexibility index (Phi) is 6.98. The van der Waals surface area contributed by atoms with E-state index in [-0.39, 0.29) is 18.2 Å². The van der Waals surface area contributed by atoms with Gasteiger partial charge in [-0.25, -0.2) is 4.79 Å². The lowest BCUT2D eigenvalue weighted by molar-refractivity contribution is -0.142. The number of aliphatic hydroxyl groups is 3. The van der Waals surface area contributed by atoms with Crippen LogP contribution in [0.4, 0.5) is 0 Å². The van der Waals surface area contributed by atoms with Crippen LogP contribution in [-0.4, -0.2) is 71.7 Å². The topological polar surface area (TPSA) is 90.2 Å². The second kappa shape index (κ2) is 7.39. The van der Waals surface area contributed by atoms with Gasteiger partial charge in [-0.1, -0.05) is 6.58 Å². The van der Waals surface area contributed by atoms with Crippen molar-refractivity contribution in [1.29, 1.82) is 0 Å². The summed E-state index contributed by atoms with van der Waals surface area (Å²) in [5.74, 6) is -0.779. The lowest BCUT2D eigenvalue weighted by atomic mass is 10.1. The minimum absolute atomic E-state index is 0.0339. The highest BCUT2D eigenvalue weighted by Gasteiger charge is 2.25. The van der Waals surface area contributed by atoms with Crippen molar-refractivity contribution in [3.63, 3.8) is 0 Å². The van der Waals surface area contributed by atoms with Crippen LogP contribution in [0.1, 0.15) is 6.92 Å². The van der Waals surface area contributed by atoms with Crippen molar-refractivity contribution in [2.45, 2.75) is 25.2 Å². The zero-order valence-corrected chi connectivity index (χ0v) is 10.5. The third-order valence-electron chi connectivity index (χ3n) is 2.51. The van der Waals surface area contributed by atoms with E-state index in [0.717, 1.165) is 0 Å². The van der Waals surface area contributed by atoms with Crippen LogP contribution in [-0.2, 0) is 9.53 Å². The summed E-state index contributed by atoms with van der Waals surface area (Å²) < 4.78 is 4.91. The van der Waals surface area contributed by atoms with Gasteiger partial charge in [-0.05, 0) is 21.0 Å². The molecular formula is C11H21NO5. The van der Waals surface area contributed by atoms with Crippen molar-refractivity contribution in [2.75, 3.05) is 27.3 Å². The largest absolute Gasteiger partial charge is 0.461 e. The van der Waals surface area contributed by atoms with Gasteiger partial charge >= 0.3 is 5.97 Å². The van der Waals surface area contributed by atoms with E-state index in [9.17, 15) is 9.90 Å². The number of carbonyl (C=O) groups is 1. The first-order valence-corrected chi connectivity index (χ1v) is 5.30. The van der Waals surface area contributed by atoms with Gasteiger partial charge in [0.1, 0.15) is 18.8 Å². The number of hydrogen-bond donors (Lipinski definition) is 3. The van der Waals surface area contributed by atoms with Crippen molar-refractivity contribution < 1.29 is 24.9 Å². The van der Waals surface area contributed by atoms with E-state index in [1.807, 2.05) is 25.9 Å². The summed E-state index contributed by atoms with van der Waals surface area (Å²) in [6, 6.07) is 0.0339. The molecule has 0 heterocycles. The number of nitrogens with zero attached hydrogens (tertiary/aromatic N) is 1. The van der Waals surface area contributed by atoms with Crippen LogP contribution in [0.15, 0.2) is 12.2 Å². The Bertz CT molecular complexity index is 267. The van der Waals surface area contributed by atoms with Crippen LogP contribution in [0.5, 0.6) is 0 Å². The molecule has 3 N–H and O–H groups in total. The molecule has 3 atom stereocenters. The minimum atomic E-state index is -1.51. The third-order valence-corrected chi connectivity index (χ3v) is 2.51. The number of aliphatic hydroxyl groups excluding tert-OH is 3. The van der Waals surface area contributed by atoms with Crippen molar-refractivity contribution in [3.05, 3.63) is 12.2 Å². The van der Waals surface area contributed by atoms with E-state index in [0.29, 0.717) is 0 Å². The average Bonchev–Trinajstić information content (AvgIpc) is 2.32. The molecule has 6 nitrogen and oxygen atoms in total. The number of likely N-dealkylation sites (N-methyl/N-ethyl adjacent to an activating group) is 1. The van der Waals surface area contributed by atoms with Gasteiger partial charge in [0.25, 0.3) is 0 Å². The van der Waals surface area contributed by atoms with Gasteiger partial charge in [0, 0.05) is 6.04 Å². The molecule has 100 valence electrons. The van der Waals surface area contributed by atoms with E-state index >= 15 is 0 Å². The second-order valence-corrected chi connectivity index (χ2v) is 4.13. The van der Waals surface area contributed by atoms with E-state index in [4.69, 9.17) is 14.9 Å². The van der Waals surface area contributed by atoms with Crippen molar-refractivity contribution in [3.8, 4) is 0 Å². The highest BCUT2D eigenvalue weighted by atomic mass is 16.5. The van der Waals surface area contributed by atoms with E-state index < -0.39 is 24.8 Å². The fraction of sp³-hybridized carbons (Fsp3) is 0.727. The molecule has 0 aromatic heterocycles. The molecule has 0 fully saturated rings. The van der Waals surface area contributed by atoms with Crippen LogP contribution in [0.3, 0.4) is 0 Å². The SMILES string of the molecule is C=C(C(=O)OCC(C)N(C)C)C(O)C(O)CO. The molecule has 0 radical (unpaired) electrons. The Morgan fingerprint density at radius 3 is 2.35 bits per heavy atom. The maximum Gasteiger partial charge on any atom is 0.336 e. The van der Waals surface area contributed by atoms with Gasteiger partial charge < -0.3 is 25.0 Å². The fourth-order valence-electron chi connectivity index (χ4n) is 0.891. The summed E-state index contributed by atoms with van der Waals surface area (Å²) >= 11 is 0. The Labute approximate surface area is 101 Å². The van der Waals surface area contributed by atoms with Crippen LogP contribution >= 0.6 is 0 Å². The molecule has 17 heavy (non-hydrogen) atoms. The second-order valence-electron chi connectivity index (χ2n) is 4.13. The zero-order chi connectivity index (χ0) is 13.6. The number of rotatable bonds is 7. The lowest BCUT2D eigenvalue weighted by Gasteiger charge is -2.21. The molecule has 0 saturated heterocycles. The Morgan fingerprint density at radius 2 is 1.94 bits per heavy atom. The molecule has 0 saturated carbocycles. The maximum atomic E-state index is 11.4. The third kappa shape index (κ3) is 5.27. The fourth-order valence-corrected chi connectivity index (χ4v) is 0.891. The van der Waals surface area contributed by atoms with Crippen LogP contribution < -0.4 is 0 Å². The molecule has 0 amide bonds. The molecule has 0 aromatic rings. The number of carbonyl (C=O) groups excluding carboxylic acids is 1. The Balaban J connectivity index is 4.19. The highest BCUT2D eigenvalue weighted by molar-refractivity contribution is 5.88. The molecule has 0 spiro atoms. The van der Waals surface area contributed by atoms with Gasteiger partial charge in [-0.3, -0.25) is 0 Å². The van der Waals surface area contributed by atoms with Crippen LogP contribution in [0.25, 0.3) is 0 Å². The molecular weight excluding hydrogens is 226 g/mol. The van der Waals surface area contributed by atoms with E-state index in [1.165, 1.54) is 0 Å². The smallest absolute Gasteiger partial charge is 0.336 e. The Morgan fingerprint density at radius 1 is 1.41 bits per heavy atom. The molecule has 0 aromatic carbocycles. The summed E-state index contributed by atoms with van der Waals surface area (Å²) in [4.78, 5) is 13.3. The quantitative estimate of drug-likeness (QED) is 0.385. The number of hydrogen-bond acceptors (Lipinski definition) is 6. The Hall–Kier alpha value is -0.950. The standard InChI is InChI=1S/C11H21NO5/c1-7(12(3)4)6-17-11(16)8(2)10(15)9(14)5-13/h7,9-10,13-15H,2,5-6H2,1,3-4H3. The number of esters is 1. The first-order valence-electron chi connectivity index (χ1n) is 5.30. The van der Waals surface area contributed by atoms with Gasteiger partial charge in [0.2, 0.25) is 0 Å². The highest BCUT2D eigenvalue weighted by Crippen LogP contribution is 2.07. The predicted octanol–water partition coefficient (Wildman–Crippen LogP) is -1.25. The first-order chi connectivity index (χ1) is 7.81. The predicted molar refractivity (Wildman–Crippen MR) is 62.3 cm³/mol. The summed E-state index contributed by atoms with van der Waals surface area (Å²) in [6.07, 6.45) is -2.94. The molecule has 6 heteroatoms. The van der Waals surface area contributed by atoms with E-state index in [1.54, 1.807) is 0 Å². The molecule has 0 bridgehead atoms. The van der Waals surface area contributed by atoms with Gasteiger partial charge in [-0.2, -0.15) is 0 Å². The molecule has 3 unspecified atom stereocenters. The molecule has 0 aliphatic carbocycles. The first kappa shape index (κ1) is 16.1. The summed E-state index contributed by atoms with van der Waals surface area (Å²) in [5, 5.41) is 27.2. The molecule has 0 rings (SSSR count). The van der Waals surface area contributed by atoms with Crippen molar-refractivity contribution >= 4 is 5.97 Å². The summed E-state index contributed by atoms with van der Waals surface area (Å²) in [6.45, 7) is 4.72. The monoisotopic (exact) mass is 247 g/mol. The van der Waals surface area contributed by atoms with Crippen LogP contribution in [0.2, 0.25) is 0 Å². The summed E-state index contributed by atoms with van der Waals surface area (Å²) in [5.41, 5.74) is -0.266. The minimum Gasteiger partial charge on any atom is -0.461 e. The number of ether oxygens (including phenoxy) is 1. The van der Waals surface area contributed by atoms with Crippen LogP contribution in [0, 0.1) is 0 Å². The molecule has 0 aliphatic heterocycles.